The minimum Gasteiger partial charge on any atom is -0.357 e. The maximum Gasteiger partial charge on any atom is 0.222 e. The van der Waals surface area contributed by atoms with E-state index in [-0.39, 0.29) is 35.6 Å². The lowest BCUT2D eigenvalue weighted by Crippen LogP contribution is -2.39. The highest BCUT2D eigenvalue weighted by atomic mass is 127. The molecule has 0 spiro atoms. The number of sulfonamides is 1. The van der Waals surface area contributed by atoms with E-state index in [1.54, 1.807) is 14.0 Å². The van der Waals surface area contributed by atoms with E-state index in [0.29, 0.717) is 32.5 Å². The number of nitrogens with zero attached hydrogens (tertiary/aromatic N) is 3. The van der Waals surface area contributed by atoms with Gasteiger partial charge in [0.15, 0.2) is 5.96 Å². The van der Waals surface area contributed by atoms with Crippen LogP contribution >= 0.6 is 24.0 Å². The topological polar surface area (TPSA) is 94.1 Å². The molecule has 0 aromatic heterocycles. The highest BCUT2D eigenvalue weighted by molar-refractivity contribution is 14.0. The molecule has 1 amide bonds. The van der Waals surface area contributed by atoms with E-state index in [1.807, 2.05) is 11.8 Å². The second-order valence-corrected chi connectivity index (χ2v) is 9.17. The third-order valence-electron chi connectivity index (χ3n) is 4.65. The summed E-state index contributed by atoms with van der Waals surface area (Å²) < 4.78 is 24.8. The van der Waals surface area contributed by atoms with Gasteiger partial charge in [0.2, 0.25) is 15.9 Å². The Labute approximate surface area is 188 Å². The van der Waals surface area contributed by atoms with Gasteiger partial charge in [0.25, 0.3) is 0 Å². The maximum absolute atomic E-state index is 12.0. The fraction of sp³-hybridized carbons (Fsp3) is 0.889. The van der Waals surface area contributed by atoms with Crippen LogP contribution in [0.1, 0.15) is 52.4 Å². The molecule has 0 saturated carbocycles. The summed E-state index contributed by atoms with van der Waals surface area (Å²) in [5.74, 6) is 1.13. The van der Waals surface area contributed by atoms with Crippen molar-refractivity contribution in [2.75, 3.05) is 52.1 Å². The molecular weight excluding hydrogens is 493 g/mol. The molecule has 1 saturated heterocycles. The van der Waals surface area contributed by atoms with Crippen molar-refractivity contribution >= 4 is 45.9 Å². The molecule has 166 valence electrons. The second kappa shape index (κ2) is 15.3. The van der Waals surface area contributed by atoms with Gasteiger partial charge in [0.1, 0.15) is 0 Å². The lowest BCUT2D eigenvalue weighted by atomic mass is 10.2. The number of guanidine groups is 1. The van der Waals surface area contributed by atoms with Crippen LogP contribution in [0.4, 0.5) is 0 Å². The van der Waals surface area contributed by atoms with Crippen molar-refractivity contribution in [3.8, 4) is 0 Å². The van der Waals surface area contributed by atoms with Crippen LogP contribution in [0.3, 0.4) is 0 Å². The van der Waals surface area contributed by atoms with Crippen LogP contribution in [0.15, 0.2) is 4.99 Å². The third kappa shape index (κ3) is 10.8. The summed E-state index contributed by atoms with van der Waals surface area (Å²) in [6, 6.07) is 0. The van der Waals surface area contributed by atoms with Gasteiger partial charge >= 0.3 is 0 Å². The third-order valence-corrected chi connectivity index (χ3v) is 6.52. The summed E-state index contributed by atoms with van der Waals surface area (Å²) in [5, 5.41) is 6.44. The van der Waals surface area contributed by atoms with Gasteiger partial charge in [-0.2, -0.15) is 0 Å². The summed E-state index contributed by atoms with van der Waals surface area (Å²) in [6.07, 6.45) is 5.49. The van der Waals surface area contributed by atoms with E-state index < -0.39 is 10.0 Å². The molecule has 0 aromatic carbocycles. The zero-order chi connectivity index (χ0) is 20.1. The van der Waals surface area contributed by atoms with Crippen molar-refractivity contribution in [3.05, 3.63) is 0 Å². The van der Waals surface area contributed by atoms with Crippen molar-refractivity contribution in [2.24, 2.45) is 4.99 Å². The normalized spacial score (nSPS) is 15.9. The number of amides is 1. The summed E-state index contributed by atoms with van der Waals surface area (Å²) in [7, 11) is -1.50. The van der Waals surface area contributed by atoms with Crippen molar-refractivity contribution in [1.82, 2.24) is 19.8 Å². The number of carbonyl (C=O) groups excluding carboxylic acids is 1. The van der Waals surface area contributed by atoms with Crippen LogP contribution in [0.25, 0.3) is 0 Å². The van der Waals surface area contributed by atoms with Gasteiger partial charge in [-0.15, -0.1) is 24.0 Å². The van der Waals surface area contributed by atoms with Crippen LogP contribution in [0.5, 0.6) is 0 Å². The zero-order valence-electron chi connectivity index (χ0n) is 17.6. The lowest BCUT2D eigenvalue weighted by Gasteiger charge is -2.20. The fourth-order valence-corrected chi connectivity index (χ4v) is 3.79. The minimum absolute atomic E-state index is 0. The van der Waals surface area contributed by atoms with E-state index in [9.17, 15) is 13.2 Å². The van der Waals surface area contributed by atoms with Crippen molar-refractivity contribution in [2.45, 2.75) is 52.4 Å². The lowest BCUT2D eigenvalue weighted by molar-refractivity contribution is -0.130. The van der Waals surface area contributed by atoms with Gasteiger partial charge < -0.3 is 15.5 Å². The van der Waals surface area contributed by atoms with Crippen molar-refractivity contribution < 1.29 is 13.2 Å². The Kier molecular flexibility index (Phi) is 14.9. The van der Waals surface area contributed by atoms with E-state index in [4.69, 9.17) is 0 Å². The first-order chi connectivity index (χ1) is 12.9. The molecule has 2 N–H and O–H groups in total. The Morgan fingerprint density at radius 3 is 2.61 bits per heavy atom. The Bertz CT molecular complexity index is 572. The number of hydrogen-bond donors (Lipinski definition) is 2. The molecule has 0 aromatic rings. The molecule has 0 unspecified atom stereocenters. The van der Waals surface area contributed by atoms with Crippen LogP contribution in [0.2, 0.25) is 0 Å². The number of rotatable bonds is 11. The largest absolute Gasteiger partial charge is 0.357 e. The summed E-state index contributed by atoms with van der Waals surface area (Å²) in [4.78, 5) is 18.5. The van der Waals surface area contributed by atoms with Gasteiger partial charge in [0.05, 0.1) is 5.75 Å². The van der Waals surface area contributed by atoms with E-state index in [1.165, 1.54) is 4.31 Å². The second-order valence-electron chi connectivity index (χ2n) is 6.81. The van der Waals surface area contributed by atoms with Gasteiger partial charge in [-0.3, -0.25) is 9.79 Å². The standard InChI is InChI=1S/C18H37N5O3S.HI/c1-4-19-18(20-12-9-14-22(3)27(25,26)5-2)21-13-10-16-23-15-8-6-7-11-17(23)24;/h4-16H2,1-3H3,(H2,19,20,21);1H. The highest BCUT2D eigenvalue weighted by Gasteiger charge is 2.16. The van der Waals surface area contributed by atoms with Crippen LogP contribution in [-0.4, -0.2) is 81.6 Å². The number of aliphatic imine (C=N–C) groups is 1. The smallest absolute Gasteiger partial charge is 0.222 e. The molecular formula is C18H38IN5O3S. The molecule has 10 heteroatoms. The molecule has 1 aliphatic rings. The first-order valence-corrected chi connectivity index (χ1v) is 11.8. The predicted molar refractivity (Wildman–Crippen MR) is 126 cm³/mol. The molecule has 1 heterocycles. The summed E-state index contributed by atoms with van der Waals surface area (Å²) in [5.41, 5.74) is 0. The SMILES string of the molecule is CCNC(=NCCCN1CCCCCC1=O)NCCCN(C)S(=O)(=O)CC.I. The molecule has 8 nitrogen and oxygen atoms in total. The Morgan fingerprint density at radius 2 is 1.93 bits per heavy atom. The molecule has 0 atom stereocenters. The minimum atomic E-state index is -3.12. The fourth-order valence-electron chi connectivity index (χ4n) is 2.94. The predicted octanol–water partition coefficient (Wildman–Crippen LogP) is 1.62. The first-order valence-electron chi connectivity index (χ1n) is 10.1. The number of carbonyl (C=O) groups is 1. The van der Waals surface area contributed by atoms with E-state index in [2.05, 4.69) is 15.6 Å². The van der Waals surface area contributed by atoms with Crippen molar-refractivity contribution in [3.63, 3.8) is 0 Å². The molecule has 0 aliphatic carbocycles. The average Bonchev–Trinajstić information content (AvgIpc) is 2.86. The number of likely N-dealkylation sites (tertiary alicyclic amines) is 1. The molecule has 0 radical (unpaired) electrons. The molecule has 1 rings (SSSR count). The molecule has 1 fully saturated rings. The number of halogens is 1. The van der Waals surface area contributed by atoms with Gasteiger partial charge in [0, 0.05) is 52.7 Å². The van der Waals surface area contributed by atoms with Crippen LogP contribution in [0, 0.1) is 0 Å². The average molecular weight is 532 g/mol. The molecule has 28 heavy (non-hydrogen) atoms. The van der Waals surface area contributed by atoms with Crippen LogP contribution in [-0.2, 0) is 14.8 Å². The number of hydrogen-bond acceptors (Lipinski definition) is 4. The summed E-state index contributed by atoms with van der Waals surface area (Å²) >= 11 is 0. The molecule has 0 bridgehead atoms. The summed E-state index contributed by atoms with van der Waals surface area (Å²) in [6.45, 7) is 7.85. The van der Waals surface area contributed by atoms with E-state index in [0.717, 1.165) is 51.3 Å². The Hall–Kier alpha value is -0.620. The quantitative estimate of drug-likeness (QED) is 0.183. The maximum atomic E-state index is 12.0. The van der Waals surface area contributed by atoms with E-state index >= 15 is 0 Å². The Balaban J connectivity index is 0.00000729. The van der Waals surface area contributed by atoms with Gasteiger partial charge in [-0.25, -0.2) is 12.7 Å². The van der Waals surface area contributed by atoms with Crippen molar-refractivity contribution in [1.29, 1.82) is 0 Å². The number of nitrogens with one attached hydrogen (secondary N) is 2. The van der Waals surface area contributed by atoms with Crippen LogP contribution < -0.4 is 10.6 Å². The van der Waals surface area contributed by atoms with Gasteiger partial charge in [-0.05, 0) is 39.5 Å². The zero-order valence-corrected chi connectivity index (χ0v) is 20.7. The highest BCUT2D eigenvalue weighted by Crippen LogP contribution is 2.11. The first kappa shape index (κ1) is 27.4. The monoisotopic (exact) mass is 531 g/mol. The van der Waals surface area contributed by atoms with Gasteiger partial charge in [-0.1, -0.05) is 6.42 Å². The molecule has 1 aliphatic heterocycles. The Morgan fingerprint density at radius 1 is 1.18 bits per heavy atom.